The molecule has 0 fully saturated rings. The summed E-state index contributed by atoms with van der Waals surface area (Å²) in [6.45, 7) is 8.85. The van der Waals surface area contributed by atoms with Crippen LogP contribution in [0.4, 0.5) is 4.79 Å². The van der Waals surface area contributed by atoms with Gasteiger partial charge in [0, 0.05) is 10.5 Å². The van der Waals surface area contributed by atoms with Gasteiger partial charge in [0.2, 0.25) is 0 Å². The average molecular weight is 420 g/mol. The standard InChI is InChI=1S/C23H33NO4S/c1-5-27-21(25)20(24-22(26)28-15-18-9-7-6-8-10-18)16-29-23(4)13-11-19(12-14-23)17(2)3/h6-11,13,17,19-20H,5,12,14-16H2,1-4H3,(H,24,26)/t19?,20-,23?/m0/s1. The highest BCUT2D eigenvalue weighted by atomic mass is 32.2. The van der Waals surface area contributed by atoms with Crippen LogP contribution in [0, 0.1) is 11.8 Å². The number of carbonyl (C=O) groups excluding carboxylic acids is 2. The van der Waals surface area contributed by atoms with E-state index < -0.39 is 18.1 Å². The van der Waals surface area contributed by atoms with Crippen LogP contribution in [0.15, 0.2) is 42.5 Å². The van der Waals surface area contributed by atoms with Gasteiger partial charge >= 0.3 is 12.1 Å². The van der Waals surface area contributed by atoms with E-state index in [1.54, 1.807) is 18.7 Å². The van der Waals surface area contributed by atoms with Crippen molar-refractivity contribution in [3.63, 3.8) is 0 Å². The monoisotopic (exact) mass is 419 g/mol. The highest BCUT2D eigenvalue weighted by Crippen LogP contribution is 2.39. The molecule has 1 aliphatic carbocycles. The molecule has 6 heteroatoms. The summed E-state index contributed by atoms with van der Waals surface area (Å²) in [6.07, 6.45) is 6.11. The maximum atomic E-state index is 12.3. The van der Waals surface area contributed by atoms with Crippen LogP contribution in [0.25, 0.3) is 0 Å². The van der Waals surface area contributed by atoms with Gasteiger partial charge in [-0.1, -0.05) is 56.3 Å². The van der Waals surface area contributed by atoms with E-state index >= 15 is 0 Å². The number of hydrogen-bond donors (Lipinski definition) is 1. The number of allylic oxidation sites excluding steroid dienone is 1. The Balaban J connectivity index is 1.91. The number of thioether (sulfide) groups is 1. The first-order chi connectivity index (χ1) is 13.8. The normalized spacial score (nSPS) is 22.2. The molecule has 2 rings (SSSR count). The van der Waals surface area contributed by atoms with E-state index in [1.807, 2.05) is 30.3 Å². The summed E-state index contributed by atoms with van der Waals surface area (Å²) >= 11 is 1.67. The minimum Gasteiger partial charge on any atom is -0.464 e. The minimum atomic E-state index is -0.740. The van der Waals surface area contributed by atoms with Crippen molar-refractivity contribution in [3.05, 3.63) is 48.0 Å². The quantitative estimate of drug-likeness (QED) is 0.453. The molecule has 1 aromatic carbocycles. The third kappa shape index (κ3) is 7.77. The largest absolute Gasteiger partial charge is 0.464 e. The van der Waals surface area contributed by atoms with E-state index in [4.69, 9.17) is 9.47 Å². The molecular formula is C23H33NO4S. The van der Waals surface area contributed by atoms with Crippen LogP contribution in [0.3, 0.4) is 0 Å². The van der Waals surface area contributed by atoms with E-state index in [9.17, 15) is 9.59 Å². The van der Waals surface area contributed by atoms with E-state index in [-0.39, 0.29) is 18.0 Å². The smallest absolute Gasteiger partial charge is 0.408 e. The molecule has 0 radical (unpaired) electrons. The molecule has 0 aromatic heterocycles. The molecule has 3 atom stereocenters. The summed E-state index contributed by atoms with van der Waals surface area (Å²) in [5, 5.41) is 2.68. The summed E-state index contributed by atoms with van der Waals surface area (Å²) in [4.78, 5) is 24.6. The molecule has 0 saturated carbocycles. The van der Waals surface area contributed by atoms with Crippen molar-refractivity contribution < 1.29 is 19.1 Å². The van der Waals surface area contributed by atoms with E-state index in [0.29, 0.717) is 17.6 Å². The molecule has 0 bridgehead atoms. The third-order valence-electron chi connectivity index (χ3n) is 5.18. The van der Waals surface area contributed by atoms with Gasteiger partial charge in [-0.25, -0.2) is 9.59 Å². The molecule has 2 unspecified atom stereocenters. The van der Waals surface area contributed by atoms with Crippen molar-refractivity contribution in [1.82, 2.24) is 5.32 Å². The second-order valence-corrected chi connectivity index (χ2v) is 9.49. The molecule has 5 nitrogen and oxygen atoms in total. The van der Waals surface area contributed by atoms with Crippen molar-refractivity contribution in [2.45, 2.75) is 57.9 Å². The number of hydrogen-bond acceptors (Lipinski definition) is 5. The number of nitrogens with one attached hydrogen (secondary N) is 1. The molecule has 160 valence electrons. The summed E-state index contributed by atoms with van der Waals surface area (Å²) in [5.74, 6) is 1.25. The molecular weight excluding hydrogens is 386 g/mol. The fourth-order valence-corrected chi connectivity index (χ4v) is 4.43. The van der Waals surface area contributed by atoms with Crippen LogP contribution in [0.1, 0.15) is 46.1 Å². The molecule has 1 amide bonds. The van der Waals surface area contributed by atoms with Crippen molar-refractivity contribution in [2.24, 2.45) is 11.8 Å². The summed E-state index contributed by atoms with van der Waals surface area (Å²) in [5.41, 5.74) is 0.893. The Labute approximate surface area is 178 Å². The van der Waals surface area contributed by atoms with Gasteiger partial charge in [-0.05, 0) is 44.1 Å². The zero-order valence-electron chi connectivity index (χ0n) is 17.9. The predicted molar refractivity (Wildman–Crippen MR) is 118 cm³/mol. The van der Waals surface area contributed by atoms with Gasteiger partial charge in [0.1, 0.15) is 12.6 Å². The third-order valence-corrected chi connectivity index (χ3v) is 6.68. The molecule has 0 saturated heterocycles. The van der Waals surface area contributed by atoms with Crippen molar-refractivity contribution in [3.8, 4) is 0 Å². The fraction of sp³-hybridized carbons (Fsp3) is 0.565. The highest BCUT2D eigenvalue weighted by Gasteiger charge is 2.31. The zero-order valence-corrected chi connectivity index (χ0v) is 18.7. The highest BCUT2D eigenvalue weighted by molar-refractivity contribution is 8.00. The maximum absolute atomic E-state index is 12.3. The number of esters is 1. The summed E-state index contributed by atoms with van der Waals surface area (Å²) in [6, 6.07) is 8.70. The lowest BCUT2D eigenvalue weighted by atomic mass is 9.83. The van der Waals surface area contributed by atoms with Gasteiger partial charge in [-0.3, -0.25) is 0 Å². The minimum absolute atomic E-state index is 0.0498. The van der Waals surface area contributed by atoms with E-state index in [1.165, 1.54) is 0 Å². The van der Waals surface area contributed by atoms with Crippen LogP contribution in [0.2, 0.25) is 0 Å². The van der Waals surface area contributed by atoms with Gasteiger partial charge in [-0.15, -0.1) is 11.8 Å². The van der Waals surface area contributed by atoms with Crippen LogP contribution in [0.5, 0.6) is 0 Å². The van der Waals surface area contributed by atoms with Crippen molar-refractivity contribution in [2.75, 3.05) is 12.4 Å². The van der Waals surface area contributed by atoms with Crippen molar-refractivity contribution >= 4 is 23.8 Å². The first-order valence-corrected chi connectivity index (χ1v) is 11.3. The Bertz CT molecular complexity index is 691. The van der Waals surface area contributed by atoms with Gasteiger partial charge in [0.05, 0.1) is 6.61 Å². The maximum Gasteiger partial charge on any atom is 0.408 e. The van der Waals surface area contributed by atoms with Gasteiger partial charge in [-0.2, -0.15) is 0 Å². The van der Waals surface area contributed by atoms with E-state index in [2.05, 4.69) is 38.2 Å². The van der Waals surface area contributed by atoms with Crippen LogP contribution in [-0.4, -0.2) is 35.2 Å². The molecule has 0 aliphatic heterocycles. The summed E-state index contributed by atoms with van der Waals surface area (Å²) in [7, 11) is 0. The second kappa shape index (κ2) is 11.3. The fourth-order valence-electron chi connectivity index (χ4n) is 3.23. The average Bonchev–Trinajstić information content (AvgIpc) is 2.71. The lowest BCUT2D eigenvalue weighted by Gasteiger charge is -2.34. The molecule has 0 heterocycles. The number of benzene rings is 1. The Hall–Kier alpha value is -1.95. The number of alkyl carbamates (subject to hydrolysis) is 1. The SMILES string of the molecule is CCOC(=O)[C@H](CSC1(C)C=CC(C(C)C)CC1)NC(=O)OCc1ccccc1. The lowest BCUT2D eigenvalue weighted by Crippen LogP contribution is -2.44. The molecule has 0 spiro atoms. The van der Waals surface area contributed by atoms with Gasteiger partial charge < -0.3 is 14.8 Å². The topological polar surface area (TPSA) is 64.6 Å². The van der Waals surface area contributed by atoms with Crippen LogP contribution in [-0.2, 0) is 20.9 Å². The van der Waals surface area contributed by atoms with Crippen LogP contribution >= 0.6 is 11.8 Å². The number of rotatable bonds is 9. The predicted octanol–water partition coefficient (Wildman–Crippen LogP) is 4.96. The number of carbonyl (C=O) groups is 2. The van der Waals surface area contributed by atoms with Crippen LogP contribution < -0.4 is 5.32 Å². The lowest BCUT2D eigenvalue weighted by molar-refractivity contribution is -0.144. The Morgan fingerprint density at radius 3 is 2.55 bits per heavy atom. The Morgan fingerprint density at radius 2 is 1.97 bits per heavy atom. The van der Waals surface area contributed by atoms with Crippen molar-refractivity contribution in [1.29, 1.82) is 0 Å². The van der Waals surface area contributed by atoms with E-state index in [0.717, 1.165) is 18.4 Å². The second-order valence-electron chi connectivity index (χ2n) is 7.94. The van der Waals surface area contributed by atoms with Gasteiger partial charge in [0.15, 0.2) is 0 Å². The first kappa shape index (κ1) is 23.3. The first-order valence-electron chi connectivity index (χ1n) is 10.3. The zero-order chi connectivity index (χ0) is 21.3. The molecule has 29 heavy (non-hydrogen) atoms. The molecule has 1 aromatic rings. The number of ether oxygens (including phenoxy) is 2. The molecule has 1 aliphatic rings. The molecule has 1 N–H and O–H groups in total. The Morgan fingerprint density at radius 1 is 1.24 bits per heavy atom. The Kier molecular flexibility index (Phi) is 9.08. The number of amides is 1. The van der Waals surface area contributed by atoms with Gasteiger partial charge in [0.25, 0.3) is 0 Å². The summed E-state index contributed by atoms with van der Waals surface area (Å²) < 4.78 is 10.4.